The number of aromatic nitrogens is 2. The number of rotatable bonds is 3. The molecule has 1 aromatic carbocycles. The third-order valence-electron chi connectivity index (χ3n) is 5.05. The lowest BCUT2D eigenvalue weighted by Crippen LogP contribution is -2.39. The second-order valence-corrected chi connectivity index (χ2v) is 7.16. The maximum Gasteiger partial charge on any atom is 0.275 e. The van der Waals surface area contributed by atoms with Gasteiger partial charge in [0, 0.05) is 37.2 Å². The maximum atomic E-state index is 12.7. The largest absolute Gasteiger partial charge is 0.448 e. The number of carbonyl (C=O) groups excluding carboxylic acids is 1. The highest BCUT2D eigenvalue weighted by Gasteiger charge is 2.27. The molecular weight excluding hydrogens is 338 g/mol. The van der Waals surface area contributed by atoms with E-state index in [2.05, 4.69) is 48.3 Å². The lowest BCUT2D eigenvalue weighted by atomic mass is 9.93. The van der Waals surface area contributed by atoms with E-state index in [1.807, 2.05) is 11.0 Å². The van der Waals surface area contributed by atoms with Crippen LogP contribution in [0.4, 0.5) is 0 Å². The molecule has 0 bridgehead atoms. The molecule has 2 aromatic heterocycles. The molecule has 0 radical (unpaired) electrons. The number of likely N-dealkylation sites (tertiary alicyclic amines) is 1. The third-order valence-corrected chi connectivity index (χ3v) is 5.05. The van der Waals surface area contributed by atoms with Gasteiger partial charge in [0.2, 0.25) is 0 Å². The molecule has 3 heterocycles. The smallest absolute Gasteiger partial charge is 0.275 e. The van der Waals surface area contributed by atoms with Gasteiger partial charge in [-0.1, -0.05) is 29.8 Å². The van der Waals surface area contributed by atoms with Gasteiger partial charge in [-0.2, -0.15) is 0 Å². The van der Waals surface area contributed by atoms with E-state index in [9.17, 15) is 4.79 Å². The molecule has 138 valence electrons. The van der Waals surface area contributed by atoms with E-state index in [1.54, 1.807) is 6.92 Å². The molecule has 5 heteroatoms. The summed E-state index contributed by atoms with van der Waals surface area (Å²) in [5, 5.41) is 0. The molecule has 0 N–H and O–H groups in total. The Morgan fingerprint density at radius 2 is 2.00 bits per heavy atom. The summed E-state index contributed by atoms with van der Waals surface area (Å²) in [7, 11) is 0. The maximum absolute atomic E-state index is 12.7. The Hall–Kier alpha value is -2.95. The fraction of sp³-hybridized carbons (Fsp3) is 0.318. The summed E-state index contributed by atoms with van der Waals surface area (Å²) in [6, 6.07) is 14.5. The lowest BCUT2D eigenvalue weighted by Gasteiger charge is -2.32. The summed E-state index contributed by atoms with van der Waals surface area (Å²) in [4.78, 5) is 23.6. The van der Waals surface area contributed by atoms with Crippen molar-refractivity contribution in [2.75, 3.05) is 13.1 Å². The van der Waals surface area contributed by atoms with Crippen molar-refractivity contribution in [1.29, 1.82) is 0 Å². The first-order valence-corrected chi connectivity index (χ1v) is 9.35. The van der Waals surface area contributed by atoms with Gasteiger partial charge in [-0.15, -0.1) is 0 Å². The average molecular weight is 361 g/mol. The molecule has 1 fully saturated rings. The number of amides is 1. The van der Waals surface area contributed by atoms with E-state index in [1.165, 1.54) is 11.8 Å². The minimum absolute atomic E-state index is 0.0635. The van der Waals surface area contributed by atoms with Crippen LogP contribution >= 0.6 is 0 Å². The molecule has 1 unspecified atom stereocenters. The van der Waals surface area contributed by atoms with Crippen molar-refractivity contribution in [1.82, 2.24) is 14.9 Å². The third kappa shape index (κ3) is 3.77. The van der Waals surface area contributed by atoms with Crippen LogP contribution in [-0.4, -0.2) is 33.9 Å². The highest BCUT2D eigenvalue weighted by atomic mass is 16.3. The Morgan fingerprint density at radius 1 is 1.15 bits per heavy atom. The van der Waals surface area contributed by atoms with E-state index in [-0.39, 0.29) is 11.8 Å². The van der Waals surface area contributed by atoms with Crippen LogP contribution in [0.5, 0.6) is 0 Å². The van der Waals surface area contributed by atoms with Crippen LogP contribution < -0.4 is 0 Å². The first-order valence-electron chi connectivity index (χ1n) is 9.35. The van der Waals surface area contributed by atoms with Crippen LogP contribution in [0.25, 0.3) is 11.3 Å². The quantitative estimate of drug-likeness (QED) is 0.695. The zero-order valence-corrected chi connectivity index (χ0v) is 15.7. The molecule has 5 nitrogen and oxygen atoms in total. The van der Waals surface area contributed by atoms with Crippen molar-refractivity contribution >= 4 is 5.91 Å². The van der Waals surface area contributed by atoms with Crippen LogP contribution in [0.1, 0.15) is 46.4 Å². The molecule has 1 amide bonds. The van der Waals surface area contributed by atoms with Crippen LogP contribution in [0.15, 0.2) is 53.1 Å². The molecule has 4 rings (SSSR count). The lowest BCUT2D eigenvalue weighted by molar-refractivity contribution is 0.0700. The normalized spacial score (nSPS) is 17.1. The van der Waals surface area contributed by atoms with Crippen molar-refractivity contribution in [3.05, 3.63) is 71.6 Å². The number of pyridine rings is 1. The first kappa shape index (κ1) is 17.5. The van der Waals surface area contributed by atoms with Crippen molar-refractivity contribution in [2.24, 2.45) is 0 Å². The number of piperidine rings is 1. The molecule has 0 saturated carbocycles. The van der Waals surface area contributed by atoms with E-state index in [4.69, 9.17) is 9.40 Å². The molecule has 0 spiro atoms. The summed E-state index contributed by atoms with van der Waals surface area (Å²) in [6.45, 7) is 5.24. The van der Waals surface area contributed by atoms with Gasteiger partial charge in [-0.25, -0.2) is 4.98 Å². The second kappa shape index (κ2) is 7.35. The number of hydrogen-bond donors (Lipinski definition) is 0. The number of benzene rings is 1. The van der Waals surface area contributed by atoms with Crippen molar-refractivity contribution in [3.8, 4) is 11.3 Å². The average Bonchev–Trinajstić information content (AvgIpc) is 3.14. The Labute approximate surface area is 159 Å². The van der Waals surface area contributed by atoms with Gasteiger partial charge in [0.1, 0.15) is 6.26 Å². The molecule has 1 saturated heterocycles. The SMILES string of the molecule is Cc1cccc(-c2cccc(C3CCCN(C(=O)c4coc(C)n4)C3)n2)c1. The van der Waals surface area contributed by atoms with Gasteiger partial charge in [-0.3, -0.25) is 9.78 Å². The van der Waals surface area contributed by atoms with E-state index >= 15 is 0 Å². The summed E-state index contributed by atoms with van der Waals surface area (Å²) >= 11 is 0. The van der Waals surface area contributed by atoms with Crippen LogP contribution in [0.2, 0.25) is 0 Å². The monoisotopic (exact) mass is 361 g/mol. The highest BCUT2D eigenvalue weighted by molar-refractivity contribution is 5.92. The molecule has 1 aliphatic rings. The van der Waals surface area contributed by atoms with Crippen LogP contribution in [0, 0.1) is 13.8 Å². The first-order chi connectivity index (χ1) is 13.1. The van der Waals surface area contributed by atoms with Crippen LogP contribution in [-0.2, 0) is 0 Å². The zero-order valence-electron chi connectivity index (χ0n) is 15.7. The number of aryl methyl sites for hydroxylation is 2. The summed E-state index contributed by atoms with van der Waals surface area (Å²) < 4.78 is 5.19. The molecule has 27 heavy (non-hydrogen) atoms. The fourth-order valence-electron chi connectivity index (χ4n) is 3.67. The predicted molar refractivity (Wildman–Crippen MR) is 104 cm³/mol. The molecular formula is C22H23N3O2. The van der Waals surface area contributed by atoms with Gasteiger partial charge in [0.05, 0.1) is 5.69 Å². The fourth-order valence-corrected chi connectivity index (χ4v) is 3.67. The van der Waals surface area contributed by atoms with Crippen LogP contribution in [0.3, 0.4) is 0 Å². The summed E-state index contributed by atoms with van der Waals surface area (Å²) in [5.74, 6) is 0.686. The van der Waals surface area contributed by atoms with Crippen molar-refractivity contribution < 1.29 is 9.21 Å². The topological polar surface area (TPSA) is 59.2 Å². The number of hydrogen-bond acceptors (Lipinski definition) is 4. The molecule has 3 aromatic rings. The minimum Gasteiger partial charge on any atom is -0.448 e. The van der Waals surface area contributed by atoms with E-state index in [0.29, 0.717) is 18.1 Å². The van der Waals surface area contributed by atoms with E-state index in [0.717, 1.165) is 36.3 Å². The van der Waals surface area contributed by atoms with Crippen molar-refractivity contribution in [3.63, 3.8) is 0 Å². The Balaban J connectivity index is 1.55. The van der Waals surface area contributed by atoms with Crippen molar-refractivity contribution in [2.45, 2.75) is 32.6 Å². The Morgan fingerprint density at radius 3 is 2.78 bits per heavy atom. The van der Waals surface area contributed by atoms with E-state index < -0.39 is 0 Å². The molecule has 1 atom stereocenters. The Kier molecular flexibility index (Phi) is 4.75. The molecule has 1 aliphatic heterocycles. The highest BCUT2D eigenvalue weighted by Crippen LogP contribution is 2.28. The minimum atomic E-state index is -0.0635. The second-order valence-electron chi connectivity index (χ2n) is 7.16. The number of carbonyl (C=O) groups is 1. The van der Waals surface area contributed by atoms with Gasteiger partial charge < -0.3 is 9.32 Å². The van der Waals surface area contributed by atoms with Gasteiger partial charge in [-0.05, 0) is 38.0 Å². The molecule has 0 aliphatic carbocycles. The number of nitrogens with zero attached hydrogens (tertiary/aromatic N) is 3. The zero-order chi connectivity index (χ0) is 18.8. The summed E-state index contributed by atoms with van der Waals surface area (Å²) in [5.41, 5.74) is 4.75. The predicted octanol–water partition coefficient (Wildman–Crippen LogP) is 4.37. The number of oxazole rings is 1. The van der Waals surface area contributed by atoms with Gasteiger partial charge in [0.25, 0.3) is 5.91 Å². The van der Waals surface area contributed by atoms with Gasteiger partial charge in [0.15, 0.2) is 11.6 Å². The standard InChI is InChI=1S/C22H23N3O2/c1-15-6-3-7-17(12-15)19-9-4-10-20(24-19)18-8-5-11-25(13-18)22(26)21-14-27-16(2)23-21/h3-4,6-7,9-10,12,14,18H,5,8,11,13H2,1-2H3. The summed E-state index contributed by atoms with van der Waals surface area (Å²) in [6.07, 6.45) is 3.44. The Bertz CT molecular complexity index is 963. The van der Waals surface area contributed by atoms with Gasteiger partial charge >= 0.3 is 0 Å².